The summed E-state index contributed by atoms with van der Waals surface area (Å²) in [6.45, 7) is 1.80. The fraction of sp³-hybridized carbons (Fsp3) is 0.0909. The molecule has 0 spiro atoms. The van der Waals surface area contributed by atoms with E-state index in [0.717, 1.165) is 24.0 Å². The fourth-order valence-corrected chi connectivity index (χ4v) is 2.04. The van der Waals surface area contributed by atoms with E-state index in [2.05, 4.69) is 15.5 Å². The van der Waals surface area contributed by atoms with E-state index < -0.39 is 22.2 Å². The maximum atomic E-state index is 13.5. The Balaban J connectivity index is 2.24. The lowest BCUT2D eigenvalue weighted by Crippen LogP contribution is -1.97. The molecule has 2 N–H and O–H groups in total. The number of rotatable bonds is 4. The minimum absolute atomic E-state index is 0.361. The molecule has 0 atom stereocenters. The van der Waals surface area contributed by atoms with Crippen LogP contribution < -0.4 is 5.43 Å². The van der Waals surface area contributed by atoms with Crippen molar-refractivity contribution in [2.45, 2.75) is 6.92 Å². The van der Waals surface area contributed by atoms with Gasteiger partial charge in [-0.05, 0) is 13.0 Å². The van der Waals surface area contributed by atoms with Crippen molar-refractivity contribution in [1.29, 1.82) is 0 Å². The minimum Gasteiger partial charge on any atom is -0.502 e. The first-order valence-electron chi connectivity index (χ1n) is 5.36. The van der Waals surface area contributed by atoms with Gasteiger partial charge in [0.15, 0.2) is 0 Å². The van der Waals surface area contributed by atoms with Crippen molar-refractivity contribution < 1.29 is 14.4 Å². The zero-order valence-electron chi connectivity index (χ0n) is 10.2. The summed E-state index contributed by atoms with van der Waals surface area (Å²) in [5, 5.41) is 26.2. The van der Waals surface area contributed by atoms with Crippen molar-refractivity contribution in [1.82, 2.24) is 4.98 Å². The van der Waals surface area contributed by atoms with Gasteiger partial charge in [0.25, 0.3) is 0 Å². The molecule has 2 aromatic rings. The molecule has 1 aromatic carbocycles. The lowest BCUT2D eigenvalue weighted by atomic mass is 10.2. The van der Waals surface area contributed by atoms with Crippen LogP contribution in [0.4, 0.5) is 15.2 Å². The maximum absolute atomic E-state index is 13.5. The van der Waals surface area contributed by atoms with Crippen LogP contribution in [0.3, 0.4) is 0 Å². The van der Waals surface area contributed by atoms with E-state index in [9.17, 15) is 19.6 Å². The Morgan fingerprint density at radius 1 is 1.60 bits per heavy atom. The number of aryl methyl sites for hydroxylation is 1. The predicted octanol–water partition coefficient (Wildman–Crippen LogP) is 2.65. The Hall–Kier alpha value is -2.55. The minimum atomic E-state index is -0.811. The van der Waals surface area contributed by atoms with Crippen LogP contribution in [0.25, 0.3) is 0 Å². The molecule has 0 aliphatic heterocycles. The summed E-state index contributed by atoms with van der Waals surface area (Å²) in [4.78, 5) is 13.9. The maximum Gasteiger partial charge on any atom is 0.311 e. The van der Waals surface area contributed by atoms with E-state index in [-0.39, 0.29) is 5.56 Å². The first-order valence-corrected chi connectivity index (χ1v) is 6.24. The van der Waals surface area contributed by atoms with Gasteiger partial charge in [0.2, 0.25) is 10.9 Å². The van der Waals surface area contributed by atoms with Crippen molar-refractivity contribution in [3.8, 4) is 5.75 Å². The second-order valence-corrected chi connectivity index (χ2v) is 4.61. The van der Waals surface area contributed by atoms with Gasteiger partial charge in [0, 0.05) is 11.4 Å². The summed E-state index contributed by atoms with van der Waals surface area (Å²) in [6.07, 6.45) is 0.967. The van der Waals surface area contributed by atoms with Crippen molar-refractivity contribution in [2.75, 3.05) is 5.43 Å². The number of nitro groups is 1. The number of nitro benzene ring substituents is 1. The summed E-state index contributed by atoms with van der Waals surface area (Å²) in [6, 6.07) is 1.78. The number of benzene rings is 1. The first kappa shape index (κ1) is 13.9. The van der Waals surface area contributed by atoms with Gasteiger partial charge < -0.3 is 5.11 Å². The van der Waals surface area contributed by atoms with Crippen LogP contribution in [0.5, 0.6) is 5.75 Å². The number of phenols is 1. The second kappa shape index (κ2) is 5.61. The molecule has 7 nitrogen and oxygen atoms in total. The molecule has 104 valence electrons. The average molecular weight is 296 g/mol. The van der Waals surface area contributed by atoms with Crippen LogP contribution in [-0.2, 0) is 0 Å². The fourth-order valence-electron chi connectivity index (χ4n) is 1.40. The van der Waals surface area contributed by atoms with Crippen molar-refractivity contribution >= 4 is 28.4 Å². The standard InChI is InChI=1S/C11H9FN4O3S/c1-6-5-20-11(14-6)15-13-4-7-8(12)2-3-9(10(7)17)16(18)19/h2-5,17H,1H3,(H,14,15). The van der Waals surface area contributed by atoms with E-state index in [1.165, 1.54) is 11.3 Å². The highest BCUT2D eigenvalue weighted by molar-refractivity contribution is 7.13. The molecular weight excluding hydrogens is 287 g/mol. The van der Waals surface area contributed by atoms with E-state index in [0.29, 0.717) is 5.13 Å². The lowest BCUT2D eigenvalue weighted by molar-refractivity contribution is -0.385. The van der Waals surface area contributed by atoms with Crippen LogP contribution in [-0.4, -0.2) is 21.2 Å². The molecule has 0 radical (unpaired) electrons. The molecule has 1 aromatic heterocycles. The molecule has 2 rings (SSSR count). The summed E-state index contributed by atoms with van der Waals surface area (Å²) in [5.41, 5.74) is 2.40. The third-order valence-corrected chi connectivity index (χ3v) is 3.18. The summed E-state index contributed by atoms with van der Waals surface area (Å²) >= 11 is 1.30. The van der Waals surface area contributed by atoms with Crippen LogP contribution in [0.2, 0.25) is 0 Å². The highest BCUT2D eigenvalue weighted by Crippen LogP contribution is 2.30. The van der Waals surface area contributed by atoms with Gasteiger partial charge in [-0.3, -0.25) is 15.5 Å². The molecule has 0 saturated heterocycles. The van der Waals surface area contributed by atoms with Gasteiger partial charge in [0.1, 0.15) is 5.82 Å². The van der Waals surface area contributed by atoms with Gasteiger partial charge in [-0.2, -0.15) is 5.10 Å². The molecule has 0 amide bonds. The Morgan fingerprint density at radius 2 is 2.35 bits per heavy atom. The molecule has 0 aliphatic rings. The predicted molar refractivity (Wildman–Crippen MR) is 72.8 cm³/mol. The lowest BCUT2D eigenvalue weighted by Gasteiger charge is -2.01. The highest BCUT2D eigenvalue weighted by atomic mass is 32.1. The molecule has 0 unspecified atom stereocenters. The Labute approximate surface area is 116 Å². The van der Waals surface area contributed by atoms with Gasteiger partial charge in [-0.1, -0.05) is 0 Å². The monoisotopic (exact) mass is 296 g/mol. The van der Waals surface area contributed by atoms with Crippen molar-refractivity contribution in [3.05, 3.63) is 44.7 Å². The number of hydrogen-bond donors (Lipinski definition) is 2. The van der Waals surface area contributed by atoms with Gasteiger partial charge in [0.05, 0.1) is 22.4 Å². The van der Waals surface area contributed by atoms with Gasteiger partial charge >= 0.3 is 5.69 Å². The number of hydrazone groups is 1. The quantitative estimate of drug-likeness (QED) is 0.513. The van der Waals surface area contributed by atoms with Gasteiger partial charge in [-0.25, -0.2) is 9.37 Å². The summed E-state index contributed by atoms with van der Waals surface area (Å²) in [7, 11) is 0. The van der Waals surface area contributed by atoms with E-state index >= 15 is 0 Å². The number of halogens is 1. The van der Waals surface area contributed by atoms with Crippen molar-refractivity contribution in [3.63, 3.8) is 0 Å². The summed E-state index contributed by atoms with van der Waals surface area (Å²) < 4.78 is 13.5. The normalized spacial score (nSPS) is 10.9. The molecule has 0 aliphatic carbocycles. The molecule has 0 fully saturated rings. The molecule has 1 heterocycles. The molecule has 0 bridgehead atoms. The Kier molecular flexibility index (Phi) is 3.89. The number of nitrogens with one attached hydrogen (secondary N) is 1. The number of nitrogens with zero attached hydrogens (tertiary/aromatic N) is 3. The molecule has 0 saturated carbocycles. The third kappa shape index (κ3) is 2.88. The number of aromatic hydroxyl groups is 1. The largest absolute Gasteiger partial charge is 0.502 e. The van der Waals surface area contributed by atoms with E-state index in [1.807, 2.05) is 0 Å². The van der Waals surface area contributed by atoms with Crippen LogP contribution in [0.1, 0.15) is 11.3 Å². The average Bonchev–Trinajstić information content (AvgIpc) is 2.78. The third-order valence-electron chi connectivity index (χ3n) is 2.31. The first-order chi connectivity index (χ1) is 9.49. The van der Waals surface area contributed by atoms with Crippen LogP contribution >= 0.6 is 11.3 Å². The second-order valence-electron chi connectivity index (χ2n) is 3.75. The highest BCUT2D eigenvalue weighted by Gasteiger charge is 2.19. The molecule has 20 heavy (non-hydrogen) atoms. The topological polar surface area (TPSA) is 101 Å². The summed E-state index contributed by atoms with van der Waals surface area (Å²) in [5.74, 6) is -1.58. The van der Waals surface area contributed by atoms with Crippen LogP contribution in [0, 0.1) is 22.9 Å². The number of thiazole rings is 1. The number of aromatic nitrogens is 1. The number of phenolic OH excluding ortho intramolecular Hbond substituents is 1. The zero-order valence-corrected chi connectivity index (χ0v) is 11.0. The van der Waals surface area contributed by atoms with E-state index in [1.54, 1.807) is 12.3 Å². The number of anilines is 1. The van der Waals surface area contributed by atoms with Gasteiger partial charge in [-0.15, -0.1) is 11.3 Å². The smallest absolute Gasteiger partial charge is 0.311 e. The number of hydrogen-bond acceptors (Lipinski definition) is 7. The zero-order chi connectivity index (χ0) is 14.7. The Bertz CT molecular complexity index is 686. The van der Waals surface area contributed by atoms with Crippen molar-refractivity contribution in [2.24, 2.45) is 5.10 Å². The Morgan fingerprint density at radius 3 is 2.95 bits per heavy atom. The van der Waals surface area contributed by atoms with E-state index in [4.69, 9.17) is 0 Å². The SMILES string of the molecule is Cc1csc(NN=Cc2c(F)ccc([N+](=O)[O-])c2O)n1. The molecular formula is C11H9FN4O3S. The van der Waals surface area contributed by atoms with Crippen LogP contribution in [0.15, 0.2) is 22.6 Å². The molecule has 9 heteroatoms.